The van der Waals surface area contributed by atoms with Gasteiger partial charge in [-0.15, -0.1) is 0 Å². The number of amides is 2. The summed E-state index contributed by atoms with van der Waals surface area (Å²) < 4.78 is 0. The second-order valence-electron chi connectivity index (χ2n) is 5.27. The Kier molecular flexibility index (Phi) is 3.50. The van der Waals surface area contributed by atoms with Crippen LogP contribution in [0.5, 0.6) is 0 Å². The summed E-state index contributed by atoms with van der Waals surface area (Å²) in [6.07, 6.45) is 1.05. The van der Waals surface area contributed by atoms with E-state index < -0.39 is 0 Å². The van der Waals surface area contributed by atoms with Gasteiger partial charge in [0.05, 0.1) is 5.92 Å². The lowest BCUT2D eigenvalue weighted by Gasteiger charge is -2.23. The number of rotatable bonds is 2. The van der Waals surface area contributed by atoms with Crippen molar-refractivity contribution >= 4 is 11.8 Å². The van der Waals surface area contributed by atoms with Crippen molar-refractivity contribution < 1.29 is 9.59 Å². The van der Waals surface area contributed by atoms with E-state index in [-0.39, 0.29) is 17.7 Å². The molecule has 1 unspecified atom stereocenters. The highest BCUT2D eigenvalue weighted by Gasteiger charge is 2.28. The molecule has 1 N–H and O–H groups in total. The first kappa shape index (κ1) is 12.8. The van der Waals surface area contributed by atoms with Crippen molar-refractivity contribution in [2.75, 3.05) is 0 Å². The lowest BCUT2D eigenvalue weighted by atomic mass is 9.86. The summed E-state index contributed by atoms with van der Waals surface area (Å²) in [6.45, 7) is 6.34. The number of carbonyl (C=O) groups excluding carboxylic acids is 2. The average Bonchev–Trinajstić information content (AvgIpc) is 2.30. The van der Waals surface area contributed by atoms with E-state index in [4.69, 9.17) is 0 Å². The monoisotopic (exact) mass is 245 g/mol. The van der Waals surface area contributed by atoms with Crippen molar-refractivity contribution in [3.05, 3.63) is 34.9 Å². The Morgan fingerprint density at radius 2 is 2.00 bits per heavy atom. The van der Waals surface area contributed by atoms with E-state index in [9.17, 15) is 9.59 Å². The van der Waals surface area contributed by atoms with Crippen molar-refractivity contribution in [2.45, 2.75) is 45.4 Å². The van der Waals surface area contributed by atoms with Crippen molar-refractivity contribution in [3.8, 4) is 0 Å². The fourth-order valence-corrected chi connectivity index (χ4v) is 2.44. The molecule has 0 saturated carbocycles. The fourth-order valence-electron chi connectivity index (χ4n) is 2.44. The normalized spacial score (nSPS) is 20.1. The van der Waals surface area contributed by atoms with Crippen LogP contribution in [0, 0.1) is 6.92 Å². The summed E-state index contributed by atoms with van der Waals surface area (Å²) in [5.74, 6) is -0.0113. The van der Waals surface area contributed by atoms with Crippen LogP contribution in [0.3, 0.4) is 0 Å². The zero-order valence-electron chi connectivity index (χ0n) is 11.1. The number of benzene rings is 1. The molecule has 1 aliphatic heterocycles. The molecular weight excluding hydrogens is 226 g/mol. The van der Waals surface area contributed by atoms with Gasteiger partial charge >= 0.3 is 0 Å². The number of hydrogen-bond donors (Lipinski definition) is 1. The van der Waals surface area contributed by atoms with Gasteiger partial charge in [0.25, 0.3) is 0 Å². The molecule has 0 radical (unpaired) electrons. The van der Waals surface area contributed by atoms with Crippen LogP contribution in [0.25, 0.3) is 0 Å². The molecule has 3 nitrogen and oxygen atoms in total. The number of aryl methyl sites for hydroxylation is 1. The van der Waals surface area contributed by atoms with Gasteiger partial charge in [0, 0.05) is 6.42 Å². The van der Waals surface area contributed by atoms with Crippen LogP contribution in [0.15, 0.2) is 18.2 Å². The predicted octanol–water partition coefficient (Wildman–Crippen LogP) is 2.64. The van der Waals surface area contributed by atoms with Crippen molar-refractivity contribution in [2.24, 2.45) is 0 Å². The van der Waals surface area contributed by atoms with Gasteiger partial charge in [0.2, 0.25) is 11.8 Å². The Balaban J connectivity index is 2.28. The molecule has 1 heterocycles. The summed E-state index contributed by atoms with van der Waals surface area (Å²) in [5.41, 5.74) is 3.46. The van der Waals surface area contributed by atoms with Gasteiger partial charge in [-0.3, -0.25) is 14.9 Å². The molecule has 1 aliphatic rings. The molecule has 3 heteroatoms. The smallest absolute Gasteiger partial charge is 0.234 e. The number of nitrogens with one attached hydrogen (secondary N) is 1. The molecule has 1 aromatic rings. The lowest BCUT2D eigenvalue weighted by Crippen LogP contribution is -2.39. The summed E-state index contributed by atoms with van der Waals surface area (Å²) >= 11 is 0. The molecule has 1 fully saturated rings. The van der Waals surface area contributed by atoms with E-state index in [1.54, 1.807) is 0 Å². The number of piperidine rings is 1. The molecule has 2 rings (SSSR count). The van der Waals surface area contributed by atoms with Gasteiger partial charge in [-0.05, 0) is 36.0 Å². The summed E-state index contributed by atoms with van der Waals surface area (Å²) in [4.78, 5) is 23.0. The summed E-state index contributed by atoms with van der Waals surface area (Å²) in [7, 11) is 0. The topological polar surface area (TPSA) is 46.2 Å². The Bertz CT molecular complexity index is 491. The molecule has 18 heavy (non-hydrogen) atoms. The van der Waals surface area contributed by atoms with Gasteiger partial charge in [-0.1, -0.05) is 32.0 Å². The quantitative estimate of drug-likeness (QED) is 0.814. The van der Waals surface area contributed by atoms with Crippen LogP contribution in [0.4, 0.5) is 0 Å². The number of carbonyl (C=O) groups is 2. The Labute approximate surface area is 108 Å². The largest absolute Gasteiger partial charge is 0.296 e. The van der Waals surface area contributed by atoms with E-state index in [0.717, 1.165) is 11.1 Å². The molecule has 0 aromatic heterocycles. The molecular formula is C15H19NO2. The van der Waals surface area contributed by atoms with Gasteiger partial charge in [0.1, 0.15) is 0 Å². The zero-order valence-corrected chi connectivity index (χ0v) is 11.1. The van der Waals surface area contributed by atoms with E-state index >= 15 is 0 Å². The third kappa shape index (κ3) is 2.45. The Morgan fingerprint density at radius 1 is 1.28 bits per heavy atom. The summed E-state index contributed by atoms with van der Waals surface area (Å²) in [5, 5.41) is 2.41. The van der Waals surface area contributed by atoms with Gasteiger partial charge in [-0.2, -0.15) is 0 Å². The minimum atomic E-state index is -0.177. The highest BCUT2D eigenvalue weighted by atomic mass is 16.2. The molecule has 0 bridgehead atoms. The predicted molar refractivity (Wildman–Crippen MR) is 70.4 cm³/mol. The van der Waals surface area contributed by atoms with Gasteiger partial charge in [0.15, 0.2) is 0 Å². The number of hydrogen-bond acceptors (Lipinski definition) is 2. The van der Waals surface area contributed by atoms with E-state index in [1.807, 2.05) is 13.0 Å². The summed E-state index contributed by atoms with van der Waals surface area (Å²) in [6, 6.07) is 6.26. The van der Waals surface area contributed by atoms with Crippen LogP contribution in [0.1, 0.15) is 55.2 Å². The van der Waals surface area contributed by atoms with Crippen LogP contribution in [-0.4, -0.2) is 11.8 Å². The Hall–Kier alpha value is -1.64. The first-order valence-electron chi connectivity index (χ1n) is 6.43. The van der Waals surface area contributed by atoms with Crippen molar-refractivity contribution in [3.63, 3.8) is 0 Å². The maximum Gasteiger partial charge on any atom is 0.234 e. The first-order chi connectivity index (χ1) is 8.49. The zero-order chi connectivity index (χ0) is 13.3. The molecule has 1 atom stereocenters. The molecule has 1 aromatic carbocycles. The van der Waals surface area contributed by atoms with E-state index in [2.05, 4.69) is 31.3 Å². The third-order valence-electron chi connectivity index (χ3n) is 3.58. The maximum atomic E-state index is 11.8. The van der Waals surface area contributed by atoms with Gasteiger partial charge in [-0.25, -0.2) is 0 Å². The molecule has 0 spiro atoms. The minimum absolute atomic E-state index is 0.160. The first-order valence-corrected chi connectivity index (χ1v) is 6.43. The van der Waals surface area contributed by atoms with Crippen LogP contribution < -0.4 is 5.32 Å². The van der Waals surface area contributed by atoms with E-state index in [1.165, 1.54) is 5.56 Å². The average molecular weight is 245 g/mol. The maximum absolute atomic E-state index is 11.8. The molecule has 1 saturated heterocycles. The third-order valence-corrected chi connectivity index (χ3v) is 3.58. The fraction of sp³-hybridized carbons (Fsp3) is 0.467. The SMILES string of the molecule is Cc1cc(C(C)C)ccc1C1CCC(=O)NC1=O. The second-order valence-corrected chi connectivity index (χ2v) is 5.27. The lowest BCUT2D eigenvalue weighted by molar-refractivity contribution is -0.134. The molecule has 2 amide bonds. The Morgan fingerprint density at radius 3 is 2.56 bits per heavy atom. The minimum Gasteiger partial charge on any atom is -0.296 e. The number of imide groups is 1. The van der Waals surface area contributed by atoms with E-state index in [0.29, 0.717) is 18.8 Å². The van der Waals surface area contributed by atoms with Crippen molar-refractivity contribution in [1.82, 2.24) is 5.32 Å². The molecule has 96 valence electrons. The highest BCUT2D eigenvalue weighted by molar-refractivity contribution is 6.01. The van der Waals surface area contributed by atoms with Crippen LogP contribution in [0.2, 0.25) is 0 Å². The standard InChI is InChI=1S/C15H19NO2/c1-9(2)11-4-5-12(10(3)8-11)13-6-7-14(17)16-15(13)18/h4-5,8-9,13H,6-7H2,1-3H3,(H,16,17,18). The van der Waals surface area contributed by atoms with Crippen molar-refractivity contribution in [1.29, 1.82) is 0 Å². The van der Waals surface area contributed by atoms with Crippen LogP contribution in [-0.2, 0) is 9.59 Å². The second kappa shape index (κ2) is 4.92. The highest BCUT2D eigenvalue weighted by Crippen LogP contribution is 2.29. The van der Waals surface area contributed by atoms with Gasteiger partial charge < -0.3 is 0 Å². The molecule has 0 aliphatic carbocycles. The van der Waals surface area contributed by atoms with Crippen LogP contribution >= 0.6 is 0 Å².